The maximum atomic E-state index is 12.3. The number of nitrogens with zero attached hydrogens (tertiary/aromatic N) is 2. The van der Waals surface area contributed by atoms with Gasteiger partial charge in [0.25, 0.3) is 0 Å². The highest BCUT2D eigenvalue weighted by molar-refractivity contribution is 9.10. The summed E-state index contributed by atoms with van der Waals surface area (Å²) in [7, 11) is 0. The van der Waals surface area contributed by atoms with E-state index in [1.165, 1.54) is 5.56 Å². The number of amides is 2. The van der Waals surface area contributed by atoms with Crippen molar-refractivity contribution in [2.75, 3.05) is 11.9 Å². The fourth-order valence-electron chi connectivity index (χ4n) is 2.69. The van der Waals surface area contributed by atoms with Gasteiger partial charge in [-0.3, -0.25) is 9.59 Å². The number of halogens is 1. The lowest BCUT2D eigenvalue weighted by Crippen LogP contribution is -2.28. The third-order valence-corrected chi connectivity index (χ3v) is 4.53. The van der Waals surface area contributed by atoms with Gasteiger partial charge in [-0.1, -0.05) is 29.8 Å². The van der Waals surface area contributed by atoms with E-state index in [0.717, 1.165) is 10.0 Å². The van der Waals surface area contributed by atoms with E-state index in [0.29, 0.717) is 18.9 Å². The summed E-state index contributed by atoms with van der Waals surface area (Å²) in [5.74, 6) is 0.00472. The van der Waals surface area contributed by atoms with Gasteiger partial charge in [0, 0.05) is 30.2 Å². The zero-order valence-corrected chi connectivity index (χ0v) is 14.9. The predicted octanol–water partition coefficient (Wildman–Crippen LogP) is 3.14. The van der Waals surface area contributed by atoms with Crippen molar-refractivity contribution in [2.45, 2.75) is 19.9 Å². The Labute approximate surface area is 149 Å². The maximum Gasteiger partial charge on any atom is 0.230 e. The molecule has 2 amide bonds. The Bertz CT molecular complexity index is 744. The molecule has 1 aliphatic heterocycles. The number of rotatable bonds is 4. The fourth-order valence-corrected chi connectivity index (χ4v) is 2.93. The van der Waals surface area contributed by atoms with Crippen LogP contribution in [-0.4, -0.2) is 28.2 Å². The molecule has 0 saturated carbocycles. The lowest BCUT2D eigenvalue weighted by Gasteiger charge is -2.16. The molecule has 1 aromatic carbocycles. The Morgan fingerprint density at radius 1 is 1.29 bits per heavy atom. The Balaban J connectivity index is 1.60. The third kappa shape index (κ3) is 4.00. The summed E-state index contributed by atoms with van der Waals surface area (Å²) in [6.07, 6.45) is 1.87. The lowest BCUT2D eigenvalue weighted by molar-refractivity contribution is -0.128. The van der Waals surface area contributed by atoms with Gasteiger partial charge in [0.05, 0.1) is 5.92 Å². The van der Waals surface area contributed by atoms with Crippen LogP contribution in [0.2, 0.25) is 0 Å². The van der Waals surface area contributed by atoms with Crippen LogP contribution in [0.3, 0.4) is 0 Å². The van der Waals surface area contributed by atoms with Crippen LogP contribution in [0.15, 0.2) is 47.1 Å². The van der Waals surface area contributed by atoms with E-state index in [1.54, 1.807) is 17.2 Å². The molecule has 0 bridgehead atoms. The van der Waals surface area contributed by atoms with Gasteiger partial charge in [-0.2, -0.15) is 0 Å². The number of aryl methyl sites for hydroxylation is 1. The van der Waals surface area contributed by atoms with E-state index in [-0.39, 0.29) is 24.2 Å². The van der Waals surface area contributed by atoms with Crippen LogP contribution in [0.25, 0.3) is 0 Å². The van der Waals surface area contributed by atoms with Crippen molar-refractivity contribution in [3.63, 3.8) is 0 Å². The van der Waals surface area contributed by atoms with Gasteiger partial charge in [0.15, 0.2) is 0 Å². The van der Waals surface area contributed by atoms with E-state index in [9.17, 15) is 9.59 Å². The first-order valence-electron chi connectivity index (χ1n) is 7.77. The first-order valence-corrected chi connectivity index (χ1v) is 8.56. The number of nitrogens with one attached hydrogen (secondary N) is 1. The number of aromatic nitrogens is 1. The molecule has 1 saturated heterocycles. The smallest absolute Gasteiger partial charge is 0.230 e. The van der Waals surface area contributed by atoms with E-state index >= 15 is 0 Å². The van der Waals surface area contributed by atoms with Gasteiger partial charge in [-0.05, 0) is 40.5 Å². The molecular weight excluding hydrogens is 370 g/mol. The van der Waals surface area contributed by atoms with Crippen molar-refractivity contribution in [3.8, 4) is 0 Å². The first kappa shape index (κ1) is 16.6. The summed E-state index contributed by atoms with van der Waals surface area (Å²) < 4.78 is 0.848. The average molecular weight is 388 g/mol. The van der Waals surface area contributed by atoms with E-state index in [4.69, 9.17) is 0 Å². The van der Waals surface area contributed by atoms with Crippen molar-refractivity contribution in [2.24, 2.45) is 5.92 Å². The van der Waals surface area contributed by atoms with E-state index in [1.807, 2.05) is 37.3 Å². The maximum absolute atomic E-state index is 12.3. The highest BCUT2D eigenvalue weighted by Crippen LogP contribution is 2.22. The zero-order chi connectivity index (χ0) is 17.1. The van der Waals surface area contributed by atoms with Crippen molar-refractivity contribution in [3.05, 3.63) is 58.2 Å². The Morgan fingerprint density at radius 3 is 2.71 bits per heavy atom. The van der Waals surface area contributed by atoms with Crippen LogP contribution in [0.1, 0.15) is 17.5 Å². The molecule has 3 rings (SSSR count). The molecule has 0 spiro atoms. The molecule has 0 aliphatic carbocycles. The van der Waals surface area contributed by atoms with Crippen molar-refractivity contribution >= 4 is 33.6 Å². The van der Waals surface area contributed by atoms with Gasteiger partial charge in [0.2, 0.25) is 11.8 Å². The number of likely N-dealkylation sites (tertiary alicyclic amines) is 1. The Morgan fingerprint density at radius 2 is 2.04 bits per heavy atom. The van der Waals surface area contributed by atoms with Crippen LogP contribution in [-0.2, 0) is 16.1 Å². The van der Waals surface area contributed by atoms with Crippen molar-refractivity contribution in [1.82, 2.24) is 9.88 Å². The van der Waals surface area contributed by atoms with E-state index in [2.05, 4.69) is 26.2 Å². The Kier molecular flexibility index (Phi) is 4.94. The molecule has 24 heavy (non-hydrogen) atoms. The van der Waals surface area contributed by atoms with Gasteiger partial charge >= 0.3 is 0 Å². The summed E-state index contributed by atoms with van der Waals surface area (Å²) in [6, 6.07) is 11.6. The number of carbonyl (C=O) groups is 2. The number of benzene rings is 1. The molecular formula is C18H18BrN3O2. The second kappa shape index (κ2) is 7.13. The minimum absolute atomic E-state index is 0.0134. The minimum atomic E-state index is -0.339. The van der Waals surface area contributed by atoms with Crippen LogP contribution in [0.5, 0.6) is 0 Å². The molecule has 1 aliphatic rings. The molecule has 6 heteroatoms. The van der Waals surface area contributed by atoms with Crippen LogP contribution in [0.4, 0.5) is 5.82 Å². The second-order valence-electron chi connectivity index (χ2n) is 6.01. The molecule has 2 aromatic rings. The molecule has 1 unspecified atom stereocenters. The molecule has 124 valence electrons. The number of pyridine rings is 1. The largest absolute Gasteiger partial charge is 0.338 e. The minimum Gasteiger partial charge on any atom is -0.338 e. The summed E-state index contributed by atoms with van der Waals surface area (Å²) in [5, 5.41) is 2.77. The molecule has 0 radical (unpaired) electrons. The quantitative estimate of drug-likeness (QED) is 0.876. The monoisotopic (exact) mass is 387 g/mol. The summed E-state index contributed by atoms with van der Waals surface area (Å²) in [4.78, 5) is 30.4. The van der Waals surface area contributed by atoms with Gasteiger partial charge in [0.1, 0.15) is 5.82 Å². The number of hydrogen-bond donors (Lipinski definition) is 1. The first-order chi connectivity index (χ1) is 11.5. The highest BCUT2D eigenvalue weighted by Gasteiger charge is 2.34. The SMILES string of the molecule is Cc1ccc(CN2CC(C(=O)Nc3ccc(Br)cn3)CC2=O)cc1. The average Bonchev–Trinajstić information content (AvgIpc) is 2.93. The molecule has 1 N–H and O–H groups in total. The highest BCUT2D eigenvalue weighted by atomic mass is 79.9. The topological polar surface area (TPSA) is 62.3 Å². The second-order valence-corrected chi connectivity index (χ2v) is 6.93. The number of carbonyl (C=O) groups excluding carboxylic acids is 2. The fraction of sp³-hybridized carbons (Fsp3) is 0.278. The normalized spacial score (nSPS) is 17.2. The predicted molar refractivity (Wildman–Crippen MR) is 95.3 cm³/mol. The third-order valence-electron chi connectivity index (χ3n) is 4.06. The molecule has 1 aromatic heterocycles. The van der Waals surface area contributed by atoms with Crippen LogP contribution >= 0.6 is 15.9 Å². The Hall–Kier alpha value is -2.21. The van der Waals surface area contributed by atoms with Crippen LogP contribution in [0, 0.1) is 12.8 Å². The van der Waals surface area contributed by atoms with Crippen LogP contribution < -0.4 is 5.32 Å². The summed E-state index contributed by atoms with van der Waals surface area (Å²) >= 11 is 3.30. The van der Waals surface area contributed by atoms with Crippen molar-refractivity contribution in [1.29, 1.82) is 0 Å². The molecule has 1 fully saturated rings. The van der Waals surface area contributed by atoms with Gasteiger partial charge < -0.3 is 10.2 Å². The summed E-state index contributed by atoms with van der Waals surface area (Å²) in [5.41, 5.74) is 2.26. The number of hydrogen-bond acceptors (Lipinski definition) is 3. The summed E-state index contributed by atoms with van der Waals surface area (Å²) in [6.45, 7) is 3.01. The number of anilines is 1. The lowest BCUT2D eigenvalue weighted by atomic mass is 10.1. The van der Waals surface area contributed by atoms with Gasteiger partial charge in [-0.15, -0.1) is 0 Å². The zero-order valence-electron chi connectivity index (χ0n) is 13.3. The standard InChI is InChI=1S/C18H18BrN3O2/c1-12-2-4-13(5-3-12)10-22-11-14(8-17(22)23)18(24)21-16-7-6-15(19)9-20-16/h2-7,9,14H,8,10-11H2,1H3,(H,20,21,24). The molecule has 2 heterocycles. The van der Waals surface area contributed by atoms with Gasteiger partial charge in [-0.25, -0.2) is 4.98 Å². The van der Waals surface area contributed by atoms with E-state index < -0.39 is 0 Å². The van der Waals surface area contributed by atoms with Crippen molar-refractivity contribution < 1.29 is 9.59 Å². The molecule has 1 atom stereocenters. The molecule has 5 nitrogen and oxygen atoms in total.